The zero-order chi connectivity index (χ0) is 49.7. The second-order valence-corrected chi connectivity index (χ2v) is 22.7. The van der Waals surface area contributed by atoms with E-state index in [1.54, 1.807) is 0 Å². The van der Waals surface area contributed by atoms with Crippen LogP contribution in [-0.2, 0) is 42.7 Å². The molecule has 8 aliphatic rings. The molecule has 8 rings (SSSR count). The SMILES string of the molecule is COC(=O)[C@@]1(C)CC[C@]2(C(=O)O[C@@H]3OC(CO)[C@@H](O)[C@H](O)C3O)CC[C@]3(C)C(=CCC4[C@@]5(C)CC[C@H](O[C@H]6OC[C@H](O)[C@H](O[C@@H]7OC(CO)[C@@H](O)[C@H](O)C7O)C6O)[C@@](C)(CO)C5CC[C@]43C)C2C1. The summed E-state index contributed by atoms with van der Waals surface area (Å²) in [5.41, 5.74) is -2.95. The van der Waals surface area contributed by atoms with E-state index in [9.17, 15) is 65.8 Å². The van der Waals surface area contributed by atoms with Crippen LogP contribution in [0.4, 0.5) is 0 Å². The van der Waals surface area contributed by atoms with Gasteiger partial charge >= 0.3 is 11.9 Å². The van der Waals surface area contributed by atoms with Crippen molar-refractivity contribution in [2.24, 2.45) is 50.2 Å². The summed E-state index contributed by atoms with van der Waals surface area (Å²) in [6, 6.07) is 0. The second kappa shape index (κ2) is 18.8. The molecule has 388 valence electrons. The average molecular weight is 973 g/mol. The first-order valence-electron chi connectivity index (χ1n) is 24.5. The lowest BCUT2D eigenvalue weighted by molar-refractivity contribution is -0.358. The Morgan fingerprint density at radius 2 is 1.29 bits per heavy atom. The van der Waals surface area contributed by atoms with Crippen LogP contribution >= 0.6 is 0 Å². The van der Waals surface area contributed by atoms with E-state index in [0.29, 0.717) is 51.4 Å². The lowest BCUT2D eigenvalue weighted by Gasteiger charge is -2.71. The predicted molar refractivity (Wildman–Crippen MR) is 232 cm³/mol. The summed E-state index contributed by atoms with van der Waals surface area (Å²) >= 11 is 0. The van der Waals surface area contributed by atoms with Crippen molar-refractivity contribution in [3.63, 3.8) is 0 Å². The van der Waals surface area contributed by atoms with E-state index >= 15 is 0 Å². The van der Waals surface area contributed by atoms with Crippen LogP contribution < -0.4 is 0 Å². The first kappa shape index (κ1) is 52.4. The summed E-state index contributed by atoms with van der Waals surface area (Å²) < 4.78 is 40.7. The molecule has 5 aliphatic carbocycles. The van der Waals surface area contributed by atoms with Crippen molar-refractivity contribution in [2.45, 2.75) is 191 Å². The molecule has 0 spiro atoms. The van der Waals surface area contributed by atoms with Crippen molar-refractivity contribution in [3.05, 3.63) is 11.6 Å². The number of ether oxygens (including phenoxy) is 7. The van der Waals surface area contributed by atoms with Gasteiger partial charge in [0.25, 0.3) is 0 Å². The maximum atomic E-state index is 14.8. The minimum absolute atomic E-state index is 0.0728. The Morgan fingerprint density at radius 1 is 0.676 bits per heavy atom. The van der Waals surface area contributed by atoms with Crippen LogP contribution in [0.25, 0.3) is 0 Å². The van der Waals surface area contributed by atoms with Crippen LogP contribution in [0.15, 0.2) is 11.6 Å². The van der Waals surface area contributed by atoms with Crippen molar-refractivity contribution < 1.29 is 98.9 Å². The third-order valence-corrected chi connectivity index (χ3v) is 19.5. The maximum Gasteiger partial charge on any atom is 0.315 e. The molecule has 0 amide bonds. The second-order valence-electron chi connectivity index (χ2n) is 22.7. The first-order valence-corrected chi connectivity index (χ1v) is 24.5. The molecule has 68 heavy (non-hydrogen) atoms. The van der Waals surface area contributed by atoms with Crippen LogP contribution in [0.2, 0.25) is 0 Å². The van der Waals surface area contributed by atoms with Gasteiger partial charge in [-0.05, 0) is 105 Å². The summed E-state index contributed by atoms with van der Waals surface area (Å²) in [5.74, 6) is -1.47. The van der Waals surface area contributed by atoms with E-state index in [0.717, 1.165) is 12.0 Å². The molecular weight excluding hydrogens is 897 g/mol. The van der Waals surface area contributed by atoms with Gasteiger partial charge in [0.15, 0.2) is 12.6 Å². The van der Waals surface area contributed by atoms with Gasteiger partial charge < -0.3 is 89.3 Å². The van der Waals surface area contributed by atoms with Crippen LogP contribution in [0.5, 0.6) is 0 Å². The fraction of sp³-hybridized carbons (Fsp3) is 0.917. The molecule has 20 nitrogen and oxygen atoms in total. The van der Waals surface area contributed by atoms with Crippen LogP contribution in [0, 0.1) is 50.2 Å². The number of rotatable bonds is 10. The predicted octanol–water partition coefficient (Wildman–Crippen LogP) is -1.09. The highest BCUT2D eigenvalue weighted by Crippen LogP contribution is 2.76. The van der Waals surface area contributed by atoms with E-state index in [1.807, 2.05) is 13.8 Å². The van der Waals surface area contributed by atoms with E-state index in [4.69, 9.17) is 33.2 Å². The lowest BCUT2D eigenvalue weighted by atomic mass is 9.33. The third-order valence-electron chi connectivity index (χ3n) is 19.5. The molecule has 20 heteroatoms. The van der Waals surface area contributed by atoms with Crippen molar-refractivity contribution >= 4 is 11.9 Å². The molecule has 8 unspecified atom stereocenters. The number of hydrogen-bond acceptors (Lipinski definition) is 20. The number of aliphatic hydroxyl groups is 11. The molecule has 0 aromatic heterocycles. The molecular formula is C48H76O20. The zero-order valence-corrected chi connectivity index (χ0v) is 40.0. The quantitative estimate of drug-likeness (QED) is 0.0704. The number of allylic oxidation sites excluding steroid dienone is 2. The third kappa shape index (κ3) is 7.94. The fourth-order valence-corrected chi connectivity index (χ4v) is 15.1. The van der Waals surface area contributed by atoms with Crippen LogP contribution in [-0.4, -0.2) is 194 Å². The van der Waals surface area contributed by atoms with E-state index in [-0.39, 0.29) is 48.3 Å². The summed E-state index contributed by atoms with van der Waals surface area (Å²) in [4.78, 5) is 28.3. The molecule has 3 aliphatic heterocycles. The number of hydrogen-bond donors (Lipinski definition) is 11. The molecule has 0 radical (unpaired) electrons. The van der Waals surface area contributed by atoms with Crippen molar-refractivity contribution in [1.29, 1.82) is 0 Å². The van der Waals surface area contributed by atoms with E-state index in [2.05, 4.69) is 26.8 Å². The number of fused-ring (bicyclic) bond motifs is 7. The van der Waals surface area contributed by atoms with Gasteiger partial charge in [-0.15, -0.1) is 0 Å². The molecule has 24 atom stereocenters. The van der Waals surface area contributed by atoms with Gasteiger partial charge in [-0.25, -0.2) is 0 Å². The molecule has 0 aromatic carbocycles. The Labute approximate surface area is 396 Å². The summed E-state index contributed by atoms with van der Waals surface area (Å²) in [6.07, 6.45) is -15.1. The van der Waals surface area contributed by atoms with E-state index in [1.165, 1.54) is 7.11 Å². The highest BCUT2D eigenvalue weighted by atomic mass is 16.7. The monoisotopic (exact) mass is 972 g/mol. The van der Waals surface area contributed by atoms with Gasteiger partial charge in [-0.1, -0.05) is 39.3 Å². The normalized spacial score (nSPS) is 53.7. The van der Waals surface area contributed by atoms with Gasteiger partial charge in [0, 0.05) is 5.41 Å². The largest absolute Gasteiger partial charge is 0.469 e. The number of methoxy groups -OCH3 is 1. The molecule has 4 saturated carbocycles. The molecule has 3 saturated heterocycles. The Bertz CT molecular complexity index is 1880. The van der Waals surface area contributed by atoms with Gasteiger partial charge in [0.1, 0.15) is 67.1 Å². The first-order chi connectivity index (χ1) is 31.9. The summed E-state index contributed by atoms with van der Waals surface area (Å²) in [7, 11) is 1.35. The van der Waals surface area contributed by atoms with Gasteiger partial charge in [0.2, 0.25) is 6.29 Å². The van der Waals surface area contributed by atoms with Crippen molar-refractivity contribution in [2.75, 3.05) is 33.5 Å². The van der Waals surface area contributed by atoms with Crippen molar-refractivity contribution in [1.82, 2.24) is 0 Å². The number of carbonyl (C=O) groups is 2. The number of carbonyl (C=O) groups excluding carboxylic acids is 2. The van der Waals surface area contributed by atoms with Gasteiger partial charge in [-0.3, -0.25) is 9.59 Å². The topological polar surface area (TPSA) is 321 Å². The van der Waals surface area contributed by atoms with Gasteiger partial charge in [-0.2, -0.15) is 0 Å². The molecule has 7 fully saturated rings. The highest BCUT2D eigenvalue weighted by molar-refractivity contribution is 5.81. The smallest absolute Gasteiger partial charge is 0.315 e. The lowest BCUT2D eigenvalue weighted by Crippen LogP contribution is -2.67. The minimum atomic E-state index is -1.77. The number of aliphatic hydroxyl groups excluding tert-OH is 11. The van der Waals surface area contributed by atoms with Crippen LogP contribution in [0.1, 0.15) is 98.8 Å². The Morgan fingerprint density at radius 3 is 1.91 bits per heavy atom. The van der Waals surface area contributed by atoms with Crippen LogP contribution in [0.3, 0.4) is 0 Å². The number of esters is 2. The Balaban J connectivity index is 1.04. The standard InChI is InChI=1S/C48H76O20/c1-43(41(60)62-6)13-15-48(42(61)68-40-35(58)33(56)31(54)26(19-50)65-40)16-14-46(4)22(23(48)17-43)7-8-28-44(2)11-10-29(45(3,21-51)27(44)9-12-47(28,46)5)66-38-36(59)37(24(52)20-63-38)67-39-34(57)32(55)30(53)25(18-49)64-39/h7,23-40,49-59H,8-21H2,1-6H3/t23?,24-,25?,26?,27?,28?,29-,30+,31+,32-,33-,34?,35?,36?,37-,38+,39-,40-,43-,44-,45-,46+,47+,48-/m0/s1. The average Bonchev–Trinajstić information content (AvgIpc) is 3.31. The fourth-order valence-electron chi connectivity index (χ4n) is 15.1. The summed E-state index contributed by atoms with van der Waals surface area (Å²) in [6.45, 7) is 8.79. The molecule has 11 N–H and O–H groups in total. The van der Waals surface area contributed by atoms with Gasteiger partial charge in [0.05, 0.1) is 50.5 Å². The molecule has 3 heterocycles. The van der Waals surface area contributed by atoms with Crippen molar-refractivity contribution in [3.8, 4) is 0 Å². The minimum Gasteiger partial charge on any atom is -0.469 e. The Hall–Kier alpha value is -1.96. The maximum absolute atomic E-state index is 14.8. The van der Waals surface area contributed by atoms with E-state index < -0.39 is 139 Å². The zero-order valence-electron chi connectivity index (χ0n) is 40.0. The molecule has 0 aromatic rings. The Kier molecular flexibility index (Phi) is 14.5. The highest BCUT2D eigenvalue weighted by Gasteiger charge is 2.71. The summed E-state index contributed by atoms with van der Waals surface area (Å²) in [5, 5.41) is 116. The molecule has 0 bridgehead atoms.